The summed E-state index contributed by atoms with van der Waals surface area (Å²) < 4.78 is 32.3. The van der Waals surface area contributed by atoms with Crippen molar-refractivity contribution in [1.29, 1.82) is 0 Å². The molecule has 1 aliphatic rings. The van der Waals surface area contributed by atoms with E-state index >= 15 is 0 Å². The number of aryl methyl sites for hydroxylation is 1. The topological polar surface area (TPSA) is 88.1 Å². The zero-order valence-electron chi connectivity index (χ0n) is 16.1. The minimum atomic E-state index is -3.80. The average Bonchev–Trinajstić information content (AvgIpc) is 3.20. The summed E-state index contributed by atoms with van der Waals surface area (Å²) in [6.45, 7) is 2.21. The molecule has 1 fully saturated rings. The quantitative estimate of drug-likeness (QED) is 0.558. The molecule has 0 aromatic heterocycles. The molecule has 2 aromatic carbocycles. The number of amides is 1. The van der Waals surface area contributed by atoms with Crippen LogP contribution in [-0.2, 0) is 14.8 Å². The molecule has 1 aliphatic heterocycles. The van der Waals surface area contributed by atoms with Gasteiger partial charge in [-0.2, -0.15) is 9.41 Å². The molecule has 1 amide bonds. The van der Waals surface area contributed by atoms with Crippen LogP contribution in [0, 0.1) is 6.92 Å². The summed E-state index contributed by atoms with van der Waals surface area (Å²) in [5.41, 5.74) is 4.19. The number of sulfonamides is 1. The van der Waals surface area contributed by atoms with Crippen molar-refractivity contribution in [3.63, 3.8) is 0 Å². The Hall–Kier alpha value is -2.42. The first-order valence-corrected chi connectivity index (χ1v) is 10.9. The molecule has 9 heteroatoms. The molecule has 1 heterocycles. The average molecular weight is 436 g/mol. The van der Waals surface area contributed by atoms with Crippen molar-refractivity contribution in [2.75, 3.05) is 13.7 Å². The zero-order valence-corrected chi connectivity index (χ0v) is 17.7. The smallest absolute Gasteiger partial charge is 0.258 e. The maximum atomic E-state index is 12.9. The number of hydrazone groups is 1. The van der Waals surface area contributed by atoms with Crippen LogP contribution in [0.3, 0.4) is 0 Å². The number of hydrogen-bond acceptors (Lipinski definition) is 5. The maximum Gasteiger partial charge on any atom is 0.258 e. The number of carbonyl (C=O) groups excluding carboxylic acids is 1. The Labute approximate surface area is 175 Å². The predicted molar refractivity (Wildman–Crippen MR) is 112 cm³/mol. The number of carbonyl (C=O) groups is 1. The molecular weight excluding hydrogens is 414 g/mol. The minimum Gasteiger partial charge on any atom is -0.496 e. The molecule has 0 bridgehead atoms. The Bertz CT molecular complexity index is 1020. The summed E-state index contributed by atoms with van der Waals surface area (Å²) in [5, 5.41) is 4.42. The first kappa shape index (κ1) is 21.3. The number of benzene rings is 2. The number of nitrogens with zero attached hydrogens (tertiary/aromatic N) is 2. The lowest BCUT2D eigenvalue weighted by atomic mass is 10.1. The summed E-state index contributed by atoms with van der Waals surface area (Å²) >= 11 is 5.84. The van der Waals surface area contributed by atoms with Crippen molar-refractivity contribution in [2.24, 2.45) is 5.10 Å². The minimum absolute atomic E-state index is 0.108. The van der Waals surface area contributed by atoms with Crippen LogP contribution in [0.1, 0.15) is 24.0 Å². The van der Waals surface area contributed by atoms with Gasteiger partial charge in [0.2, 0.25) is 10.0 Å². The molecule has 7 nitrogen and oxygen atoms in total. The first-order chi connectivity index (χ1) is 13.8. The van der Waals surface area contributed by atoms with E-state index < -0.39 is 22.0 Å². The van der Waals surface area contributed by atoms with Crippen molar-refractivity contribution in [3.05, 3.63) is 58.6 Å². The van der Waals surface area contributed by atoms with Crippen LogP contribution >= 0.6 is 11.6 Å². The molecule has 0 spiro atoms. The van der Waals surface area contributed by atoms with Crippen molar-refractivity contribution < 1.29 is 17.9 Å². The van der Waals surface area contributed by atoms with E-state index in [0.717, 1.165) is 16.9 Å². The van der Waals surface area contributed by atoms with E-state index in [1.807, 2.05) is 19.1 Å². The van der Waals surface area contributed by atoms with Gasteiger partial charge in [0.05, 0.1) is 18.2 Å². The fraction of sp³-hybridized carbons (Fsp3) is 0.300. The summed E-state index contributed by atoms with van der Waals surface area (Å²) in [4.78, 5) is 12.7. The normalized spacial score (nSPS) is 17.6. The maximum absolute atomic E-state index is 12.9. The van der Waals surface area contributed by atoms with Crippen molar-refractivity contribution in [3.8, 4) is 5.75 Å². The molecule has 3 rings (SSSR count). The Morgan fingerprint density at radius 2 is 2.00 bits per heavy atom. The van der Waals surface area contributed by atoms with Crippen molar-refractivity contribution in [2.45, 2.75) is 30.7 Å². The Balaban J connectivity index is 1.71. The summed E-state index contributed by atoms with van der Waals surface area (Å²) in [6.07, 6.45) is 2.53. The monoisotopic (exact) mass is 435 g/mol. The number of ether oxygens (including phenoxy) is 1. The van der Waals surface area contributed by atoms with Gasteiger partial charge in [-0.05, 0) is 61.2 Å². The van der Waals surface area contributed by atoms with Gasteiger partial charge >= 0.3 is 0 Å². The highest BCUT2D eigenvalue weighted by atomic mass is 35.5. The third-order valence-electron chi connectivity index (χ3n) is 4.75. The predicted octanol–water partition coefficient (Wildman–Crippen LogP) is 2.96. The number of hydrogen-bond donors (Lipinski definition) is 1. The molecule has 154 valence electrons. The molecule has 2 aromatic rings. The van der Waals surface area contributed by atoms with Crippen LogP contribution < -0.4 is 10.2 Å². The summed E-state index contributed by atoms with van der Waals surface area (Å²) in [5.74, 6) is 0.256. The second kappa shape index (κ2) is 8.94. The van der Waals surface area contributed by atoms with Crippen LogP contribution in [-0.4, -0.2) is 44.5 Å². The molecule has 1 atom stereocenters. The number of halogens is 1. The van der Waals surface area contributed by atoms with Crippen molar-refractivity contribution >= 4 is 33.7 Å². The Morgan fingerprint density at radius 1 is 1.28 bits per heavy atom. The lowest BCUT2D eigenvalue weighted by molar-refractivity contribution is -0.124. The third kappa shape index (κ3) is 4.77. The fourth-order valence-electron chi connectivity index (χ4n) is 3.19. The number of methoxy groups -OCH3 is 1. The molecule has 1 saturated heterocycles. The van der Waals surface area contributed by atoms with Gasteiger partial charge in [-0.25, -0.2) is 13.8 Å². The number of rotatable bonds is 6. The van der Waals surface area contributed by atoms with Crippen LogP contribution in [0.5, 0.6) is 5.75 Å². The molecule has 0 aliphatic carbocycles. The molecule has 1 N–H and O–H groups in total. The van der Waals surface area contributed by atoms with E-state index in [4.69, 9.17) is 16.3 Å². The van der Waals surface area contributed by atoms with E-state index in [1.54, 1.807) is 13.2 Å². The standard InChI is InChI=1S/C20H22ClN3O4S/c1-14-5-6-15(12-19(14)28-2)13-22-23-20(25)18-4-3-11-24(18)29(26,27)17-9-7-16(21)8-10-17/h5-10,12-13,18H,3-4,11H2,1-2H3,(H,23,25)/b22-13-/t18-/m0/s1. The molecule has 0 saturated carbocycles. The van der Waals surface area contributed by atoms with Gasteiger partial charge < -0.3 is 4.74 Å². The van der Waals surface area contributed by atoms with E-state index in [2.05, 4.69) is 10.5 Å². The van der Waals surface area contributed by atoms with E-state index in [0.29, 0.717) is 17.9 Å². The first-order valence-electron chi connectivity index (χ1n) is 9.08. The molecule has 29 heavy (non-hydrogen) atoms. The lowest BCUT2D eigenvalue weighted by Crippen LogP contribution is -2.44. The Kier molecular flexibility index (Phi) is 6.56. The van der Waals surface area contributed by atoms with E-state index in [1.165, 1.54) is 34.8 Å². The van der Waals surface area contributed by atoms with Crippen LogP contribution in [0.2, 0.25) is 5.02 Å². The number of nitrogens with one attached hydrogen (secondary N) is 1. The van der Waals surface area contributed by atoms with Crippen LogP contribution in [0.15, 0.2) is 52.5 Å². The van der Waals surface area contributed by atoms with E-state index in [9.17, 15) is 13.2 Å². The highest BCUT2D eigenvalue weighted by Crippen LogP contribution is 2.27. The molecular formula is C20H22ClN3O4S. The lowest BCUT2D eigenvalue weighted by Gasteiger charge is -2.22. The van der Waals surface area contributed by atoms with Gasteiger partial charge in [-0.3, -0.25) is 4.79 Å². The van der Waals surface area contributed by atoms with Gasteiger partial charge in [0, 0.05) is 11.6 Å². The second-order valence-corrected chi connectivity index (χ2v) is 9.02. The van der Waals surface area contributed by atoms with Gasteiger partial charge in [-0.1, -0.05) is 23.7 Å². The fourth-order valence-corrected chi connectivity index (χ4v) is 4.98. The van der Waals surface area contributed by atoms with Crippen molar-refractivity contribution in [1.82, 2.24) is 9.73 Å². The summed E-state index contributed by atoms with van der Waals surface area (Å²) in [6, 6.07) is 10.6. The third-order valence-corrected chi connectivity index (χ3v) is 6.92. The highest BCUT2D eigenvalue weighted by molar-refractivity contribution is 7.89. The highest BCUT2D eigenvalue weighted by Gasteiger charge is 2.39. The van der Waals surface area contributed by atoms with Crippen LogP contribution in [0.4, 0.5) is 0 Å². The SMILES string of the molecule is COc1cc(/C=N\NC(=O)[C@@H]2CCCN2S(=O)(=O)c2ccc(Cl)cc2)ccc1C. The van der Waals surface area contributed by atoms with Gasteiger partial charge in [0.25, 0.3) is 5.91 Å². The van der Waals surface area contributed by atoms with Crippen LogP contribution in [0.25, 0.3) is 0 Å². The molecule has 0 radical (unpaired) electrons. The van der Waals surface area contributed by atoms with Gasteiger partial charge in [0.15, 0.2) is 0 Å². The van der Waals surface area contributed by atoms with E-state index in [-0.39, 0.29) is 11.4 Å². The zero-order chi connectivity index (χ0) is 21.0. The molecule has 0 unspecified atom stereocenters. The Morgan fingerprint density at radius 3 is 2.69 bits per heavy atom. The van der Waals surface area contributed by atoms with Gasteiger partial charge in [0.1, 0.15) is 11.8 Å². The van der Waals surface area contributed by atoms with Gasteiger partial charge in [-0.15, -0.1) is 0 Å². The summed E-state index contributed by atoms with van der Waals surface area (Å²) in [7, 11) is -2.21. The second-order valence-electron chi connectivity index (χ2n) is 6.69. The largest absolute Gasteiger partial charge is 0.496 e.